The molecule has 0 saturated heterocycles. The van der Waals surface area contributed by atoms with Crippen LogP contribution < -0.4 is 0 Å². The zero-order valence-corrected chi connectivity index (χ0v) is 15.1. The van der Waals surface area contributed by atoms with E-state index in [1.54, 1.807) is 0 Å². The van der Waals surface area contributed by atoms with E-state index in [0.717, 1.165) is 0 Å². The van der Waals surface area contributed by atoms with Crippen LogP contribution in [0.3, 0.4) is 0 Å². The minimum absolute atomic E-state index is 0.00538. The molecule has 0 aliphatic heterocycles. The van der Waals surface area contributed by atoms with Crippen LogP contribution >= 0.6 is 0 Å². The van der Waals surface area contributed by atoms with Gasteiger partial charge in [-0.3, -0.25) is 0 Å². The highest BCUT2D eigenvalue weighted by Crippen LogP contribution is 2.40. The Morgan fingerprint density at radius 2 is 1.80 bits per heavy atom. The molecule has 0 bridgehead atoms. The molecular formula is C17H34O2Si. The molecule has 118 valence electrons. The lowest BCUT2D eigenvalue weighted by atomic mass is 9.83. The lowest BCUT2D eigenvalue weighted by Gasteiger charge is -2.43. The van der Waals surface area contributed by atoms with E-state index in [0.29, 0.717) is 12.3 Å². The molecule has 1 rings (SSSR count). The Morgan fingerprint density at radius 3 is 2.25 bits per heavy atom. The van der Waals surface area contributed by atoms with E-state index in [-0.39, 0.29) is 11.1 Å². The molecule has 1 saturated carbocycles. The largest absolute Gasteiger partial charge is 0.411 e. The molecule has 0 amide bonds. The molecule has 0 aromatic carbocycles. The smallest absolute Gasteiger partial charge is 0.192 e. The summed E-state index contributed by atoms with van der Waals surface area (Å²) in [4.78, 5) is 0. The minimum Gasteiger partial charge on any atom is -0.411 e. The highest BCUT2D eigenvalue weighted by atomic mass is 28.4. The van der Waals surface area contributed by atoms with Gasteiger partial charge in [-0.15, -0.1) is 6.58 Å². The van der Waals surface area contributed by atoms with E-state index in [4.69, 9.17) is 4.43 Å². The average molecular weight is 299 g/mol. The predicted octanol–water partition coefficient (Wildman–Crippen LogP) is 4.89. The molecule has 0 heterocycles. The molecule has 1 aliphatic rings. The summed E-state index contributed by atoms with van der Waals surface area (Å²) in [5.74, 6) is 0.521. The number of aliphatic hydroxyl groups is 1. The van der Waals surface area contributed by atoms with Crippen molar-refractivity contribution in [3.8, 4) is 0 Å². The fraction of sp³-hybridized carbons (Fsp3) is 0.882. The van der Waals surface area contributed by atoms with Crippen LogP contribution in [0.4, 0.5) is 0 Å². The summed E-state index contributed by atoms with van der Waals surface area (Å²) < 4.78 is 6.60. The first-order chi connectivity index (χ1) is 9.19. The lowest BCUT2D eigenvalue weighted by molar-refractivity contribution is -0.0166. The van der Waals surface area contributed by atoms with E-state index in [9.17, 15) is 5.11 Å². The predicted molar refractivity (Wildman–Crippen MR) is 89.5 cm³/mol. The van der Waals surface area contributed by atoms with Crippen molar-refractivity contribution in [3.63, 3.8) is 0 Å². The summed E-state index contributed by atoms with van der Waals surface area (Å²) >= 11 is 0. The number of aliphatic hydroxyl groups excluding tert-OH is 1. The standard InChI is InChI=1S/C17H34O2Si/c1-7-11-15(18)16(14-12-9-8-10-13-14)19-20(5,6)17(2,3)4/h7,14-16,18H,1,8-13H2,2-6H3/t15?,16-/m1/s1. The van der Waals surface area contributed by atoms with Crippen LogP contribution in [0.15, 0.2) is 12.7 Å². The van der Waals surface area contributed by atoms with Crippen LogP contribution in [-0.2, 0) is 4.43 Å². The van der Waals surface area contributed by atoms with E-state index in [1.165, 1.54) is 32.1 Å². The molecule has 0 aromatic heterocycles. The van der Waals surface area contributed by atoms with Gasteiger partial charge >= 0.3 is 0 Å². The van der Waals surface area contributed by atoms with Crippen LogP contribution in [0.5, 0.6) is 0 Å². The van der Waals surface area contributed by atoms with Gasteiger partial charge in [-0.2, -0.15) is 0 Å². The normalized spacial score (nSPS) is 21.5. The van der Waals surface area contributed by atoms with Gasteiger partial charge in [0, 0.05) is 0 Å². The Balaban J connectivity index is 2.84. The molecular weight excluding hydrogens is 264 g/mol. The van der Waals surface area contributed by atoms with Gasteiger partial charge in [-0.1, -0.05) is 46.1 Å². The van der Waals surface area contributed by atoms with Crippen molar-refractivity contribution in [2.24, 2.45) is 5.92 Å². The van der Waals surface area contributed by atoms with Crippen LogP contribution in [0.25, 0.3) is 0 Å². The second kappa shape index (κ2) is 7.23. The van der Waals surface area contributed by atoms with E-state index < -0.39 is 14.4 Å². The van der Waals surface area contributed by atoms with Gasteiger partial charge in [0.1, 0.15) is 0 Å². The Hall–Kier alpha value is -0.123. The molecule has 20 heavy (non-hydrogen) atoms. The van der Waals surface area contributed by atoms with Crippen molar-refractivity contribution in [1.82, 2.24) is 0 Å². The van der Waals surface area contributed by atoms with E-state index >= 15 is 0 Å². The molecule has 1 fully saturated rings. The van der Waals surface area contributed by atoms with Crippen molar-refractivity contribution >= 4 is 8.32 Å². The van der Waals surface area contributed by atoms with Crippen molar-refractivity contribution in [2.45, 2.75) is 89.6 Å². The number of hydrogen-bond donors (Lipinski definition) is 1. The maximum Gasteiger partial charge on any atom is 0.192 e. The molecule has 1 aliphatic carbocycles. The lowest BCUT2D eigenvalue weighted by Crippen LogP contribution is -2.49. The van der Waals surface area contributed by atoms with Crippen molar-refractivity contribution in [2.75, 3.05) is 0 Å². The topological polar surface area (TPSA) is 29.5 Å². The van der Waals surface area contributed by atoms with Crippen LogP contribution in [0, 0.1) is 5.92 Å². The molecule has 1 unspecified atom stereocenters. The second-order valence-corrected chi connectivity index (χ2v) is 12.6. The molecule has 0 spiro atoms. The first-order valence-electron chi connectivity index (χ1n) is 8.16. The van der Waals surface area contributed by atoms with Gasteiger partial charge in [0.15, 0.2) is 8.32 Å². The Kier molecular flexibility index (Phi) is 6.48. The molecule has 3 heteroatoms. The fourth-order valence-electron chi connectivity index (χ4n) is 2.77. The Morgan fingerprint density at radius 1 is 1.25 bits per heavy atom. The summed E-state index contributed by atoms with van der Waals surface area (Å²) in [6, 6.07) is 0. The van der Waals surface area contributed by atoms with E-state index in [2.05, 4.69) is 40.4 Å². The summed E-state index contributed by atoms with van der Waals surface area (Å²) in [7, 11) is -1.84. The molecule has 1 N–H and O–H groups in total. The molecule has 0 radical (unpaired) electrons. The minimum atomic E-state index is -1.84. The summed E-state index contributed by atoms with van der Waals surface area (Å²) in [6.45, 7) is 15.1. The highest BCUT2D eigenvalue weighted by molar-refractivity contribution is 6.74. The Bertz CT molecular complexity index is 301. The monoisotopic (exact) mass is 298 g/mol. The van der Waals surface area contributed by atoms with E-state index in [1.807, 2.05) is 6.08 Å². The zero-order chi connectivity index (χ0) is 15.4. The highest BCUT2D eigenvalue weighted by Gasteiger charge is 2.42. The molecule has 2 atom stereocenters. The van der Waals surface area contributed by atoms with Crippen LogP contribution in [-0.4, -0.2) is 25.6 Å². The van der Waals surface area contributed by atoms with Crippen molar-refractivity contribution < 1.29 is 9.53 Å². The Labute approximate surface area is 126 Å². The average Bonchev–Trinajstić information content (AvgIpc) is 2.36. The third-order valence-electron chi connectivity index (χ3n) is 5.14. The molecule has 2 nitrogen and oxygen atoms in total. The first kappa shape index (κ1) is 17.9. The van der Waals surface area contributed by atoms with Gasteiger partial charge in [-0.25, -0.2) is 0 Å². The van der Waals surface area contributed by atoms with Gasteiger partial charge in [0.05, 0.1) is 12.2 Å². The van der Waals surface area contributed by atoms with Crippen LogP contribution in [0.1, 0.15) is 59.3 Å². The number of rotatable bonds is 6. The van der Waals surface area contributed by atoms with Crippen LogP contribution in [0.2, 0.25) is 18.1 Å². The summed E-state index contributed by atoms with van der Waals surface area (Å²) in [6.07, 6.45) is 8.35. The maximum atomic E-state index is 10.5. The van der Waals surface area contributed by atoms with Gasteiger partial charge in [0.25, 0.3) is 0 Å². The SMILES string of the molecule is C=CCC(O)[C@H](O[Si](C)(C)C(C)(C)C)C1CCCCC1. The number of hydrogen-bond acceptors (Lipinski definition) is 2. The second-order valence-electron chi connectivity index (χ2n) is 7.83. The third kappa shape index (κ3) is 4.71. The zero-order valence-electron chi connectivity index (χ0n) is 14.1. The van der Waals surface area contributed by atoms with Crippen molar-refractivity contribution in [1.29, 1.82) is 0 Å². The summed E-state index contributed by atoms with van der Waals surface area (Å²) in [5.41, 5.74) is 0. The third-order valence-corrected chi connectivity index (χ3v) is 9.61. The van der Waals surface area contributed by atoms with Crippen molar-refractivity contribution in [3.05, 3.63) is 12.7 Å². The molecule has 0 aromatic rings. The fourth-order valence-corrected chi connectivity index (χ4v) is 4.16. The van der Waals surface area contributed by atoms with Gasteiger partial charge in [0.2, 0.25) is 0 Å². The van der Waals surface area contributed by atoms with Gasteiger partial charge in [-0.05, 0) is 43.3 Å². The first-order valence-corrected chi connectivity index (χ1v) is 11.1. The van der Waals surface area contributed by atoms with Gasteiger partial charge < -0.3 is 9.53 Å². The summed E-state index contributed by atoms with van der Waals surface area (Å²) in [5, 5.41) is 10.7. The maximum absolute atomic E-state index is 10.5. The quantitative estimate of drug-likeness (QED) is 0.558.